The molecule has 96 valence electrons. The molecule has 0 aliphatic carbocycles. The average molecular weight is 273 g/mol. The molecule has 3 aromatic rings. The first kappa shape index (κ1) is 12.1. The number of nitrogen functional groups attached to an aromatic ring is 1. The maximum atomic E-state index is 6.03. The molecule has 1 aromatic heterocycles. The zero-order valence-electron chi connectivity index (χ0n) is 10.7. The molecular weight excluding hydrogens is 260 g/mol. The third kappa shape index (κ3) is 2.06. The quantitative estimate of drug-likeness (QED) is 0.670. The SMILES string of the molecule is Cc1ccc(N)cc1-c1nc2cc(Cl)cc(C)c2o1. The van der Waals surface area contributed by atoms with E-state index in [0.717, 1.165) is 27.8 Å². The van der Waals surface area contributed by atoms with Crippen molar-refractivity contribution in [3.63, 3.8) is 0 Å². The summed E-state index contributed by atoms with van der Waals surface area (Å²) in [5, 5.41) is 0.661. The Bertz CT molecular complexity index is 777. The number of aryl methyl sites for hydroxylation is 2. The van der Waals surface area contributed by atoms with Crippen molar-refractivity contribution in [3.05, 3.63) is 46.5 Å². The molecule has 1 heterocycles. The van der Waals surface area contributed by atoms with E-state index in [2.05, 4.69) is 4.98 Å². The standard InChI is InChI=1S/C15H13ClN2O/c1-8-3-4-11(17)7-12(8)15-18-13-6-10(16)5-9(2)14(13)19-15/h3-7H,17H2,1-2H3. The van der Waals surface area contributed by atoms with E-state index in [4.69, 9.17) is 21.8 Å². The van der Waals surface area contributed by atoms with Crippen LogP contribution >= 0.6 is 11.6 Å². The maximum Gasteiger partial charge on any atom is 0.227 e. The van der Waals surface area contributed by atoms with Crippen molar-refractivity contribution in [2.45, 2.75) is 13.8 Å². The van der Waals surface area contributed by atoms with Crippen LogP contribution in [0.2, 0.25) is 5.02 Å². The van der Waals surface area contributed by atoms with Gasteiger partial charge in [0, 0.05) is 16.3 Å². The average Bonchev–Trinajstić information content (AvgIpc) is 2.76. The molecule has 0 atom stereocenters. The molecule has 0 amide bonds. The third-order valence-corrected chi connectivity index (χ3v) is 3.35. The van der Waals surface area contributed by atoms with Gasteiger partial charge >= 0.3 is 0 Å². The van der Waals surface area contributed by atoms with E-state index in [-0.39, 0.29) is 0 Å². The molecule has 2 N–H and O–H groups in total. The topological polar surface area (TPSA) is 52.0 Å². The Morgan fingerprint density at radius 3 is 2.68 bits per heavy atom. The monoisotopic (exact) mass is 272 g/mol. The van der Waals surface area contributed by atoms with E-state index in [1.165, 1.54) is 0 Å². The molecule has 0 unspecified atom stereocenters. The van der Waals surface area contributed by atoms with Crippen LogP contribution in [0.3, 0.4) is 0 Å². The third-order valence-electron chi connectivity index (χ3n) is 3.13. The molecule has 0 spiro atoms. The van der Waals surface area contributed by atoms with Crippen LogP contribution in [-0.4, -0.2) is 4.98 Å². The minimum atomic E-state index is 0.574. The molecule has 0 fully saturated rings. The van der Waals surface area contributed by atoms with Crippen LogP contribution in [0.25, 0.3) is 22.6 Å². The Morgan fingerprint density at radius 1 is 1.11 bits per heavy atom. The summed E-state index contributed by atoms with van der Waals surface area (Å²) in [6, 6.07) is 9.36. The number of hydrogen-bond acceptors (Lipinski definition) is 3. The largest absolute Gasteiger partial charge is 0.436 e. The van der Waals surface area contributed by atoms with Gasteiger partial charge in [-0.05, 0) is 49.2 Å². The van der Waals surface area contributed by atoms with Crippen LogP contribution in [0.15, 0.2) is 34.7 Å². The predicted octanol–water partition coefficient (Wildman–Crippen LogP) is 4.35. The molecule has 0 aliphatic rings. The summed E-state index contributed by atoms with van der Waals surface area (Å²) in [6.07, 6.45) is 0. The van der Waals surface area contributed by atoms with E-state index in [0.29, 0.717) is 16.6 Å². The van der Waals surface area contributed by atoms with Crippen LogP contribution in [0.5, 0.6) is 0 Å². The molecule has 0 saturated carbocycles. The number of fused-ring (bicyclic) bond motifs is 1. The molecule has 0 aliphatic heterocycles. The van der Waals surface area contributed by atoms with Crippen molar-refractivity contribution in [2.24, 2.45) is 0 Å². The number of oxazole rings is 1. The van der Waals surface area contributed by atoms with Crippen LogP contribution < -0.4 is 5.73 Å². The van der Waals surface area contributed by atoms with Gasteiger partial charge in [0.15, 0.2) is 5.58 Å². The summed E-state index contributed by atoms with van der Waals surface area (Å²) >= 11 is 6.03. The fourth-order valence-electron chi connectivity index (χ4n) is 2.14. The van der Waals surface area contributed by atoms with E-state index in [1.54, 1.807) is 6.07 Å². The van der Waals surface area contributed by atoms with Gasteiger partial charge < -0.3 is 10.2 Å². The molecule has 19 heavy (non-hydrogen) atoms. The van der Waals surface area contributed by atoms with E-state index >= 15 is 0 Å². The Kier molecular flexibility index (Phi) is 2.72. The van der Waals surface area contributed by atoms with Crippen molar-refractivity contribution in [2.75, 3.05) is 5.73 Å². The van der Waals surface area contributed by atoms with Crippen LogP contribution in [0.1, 0.15) is 11.1 Å². The molecule has 3 nitrogen and oxygen atoms in total. The zero-order valence-corrected chi connectivity index (χ0v) is 11.5. The fraction of sp³-hybridized carbons (Fsp3) is 0.133. The van der Waals surface area contributed by atoms with Crippen LogP contribution in [0.4, 0.5) is 5.69 Å². The highest BCUT2D eigenvalue weighted by Gasteiger charge is 2.13. The van der Waals surface area contributed by atoms with Gasteiger partial charge in [0.1, 0.15) is 5.52 Å². The molecule has 0 bridgehead atoms. The molecule has 4 heteroatoms. The smallest absolute Gasteiger partial charge is 0.227 e. The van der Waals surface area contributed by atoms with Crippen molar-refractivity contribution < 1.29 is 4.42 Å². The summed E-state index contributed by atoms with van der Waals surface area (Å²) in [4.78, 5) is 4.50. The molecule has 0 radical (unpaired) electrons. The number of anilines is 1. The number of nitrogens with zero attached hydrogens (tertiary/aromatic N) is 1. The van der Waals surface area contributed by atoms with Gasteiger partial charge in [0.25, 0.3) is 0 Å². The fourth-order valence-corrected chi connectivity index (χ4v) is 2.41. The summed E-state index contributed by atoms with van der Waals surface area (Å²) in [7, 11) is 0. The Balaban J connectivity index is 2.26. The lowest BCUT2D eigenvalue weighted by molar-refractivity contribution is 0.617. The summed E-state index contributed by atoms with van der Waals surface area (Å²) in [5.74, 6) is 0.574. The first-order valence-corrected chi connectivity index (χ1v) is 6.35. The van der Waals surface area contributed by atoms with E-state index in [9.17, 15) is 0 Å². The second kappa shape index (κ2) is 4.28. The predicted molar refractivity (Wildman–Crippen MR) is 78.3 cm³/mol. The number of rotatable bonds is 1. The minimum Gasteiger partial charge on any atom is -0.436 e. The van der Waals surface area contributed by atoms with Gasteiger partial charge in [-0.2, -0.15) is 0 Å². The summed E-state index contributed by atoms with van der Waals surface area (Å²) in [5.41, 5.74) is 11.0. The van der Waals surface area contributed by atoms with Gasteiger partial charge in [-0.3, -0.25) is 0 Å². The van der Waals surface area contributed by atoms with Crippen molar-refractivity contribution in [1.82, 2.24) is 4.98 Å². The number of halogens is 1. The normalized spacial score (nSPS) is 11.1. The lowest BCUT2D eigenvalue weighted by Gasteiger charge is -2.02. The van der Waals surface area contributed by atoms with E-state index in [1.807, 2.05) is 38.1 Å². The number of hydrogen-bond donors (Lipinski definition) is 1. The van der Waals surface area contributed by atoms with Gasteiger partial charge in [-0.1, -0.05) is 17.7 Å². The molecular formula is C15H13ClN2O. The van der Waals surface area contributed by atoms with Gasteiger partial charge in [0.2, 0.25) is 5.89 Å². The van der Waals surface area contributed by atoms with E-state index < -0.39 is 0 Å². The Morgan fingerprint density at radius 2 is 1.89 bits per heavy atom. The van der Waals surface area contributed by atoms with Gasteiger partial charge in [0.05, 0.1) is 0 Å². The summed E-state index contributed by atoms with van der Waals surface area (Å²) < 4.78 is 5.85. The van der Waals surface area contributed by atoms with Crippen LogP contribution in [0, 0.1) is 13.8 Å². The lowest BCUT2D eigenvalue weighted by atomic mass is 10.1. The molecule has 2 aromatic carbocycles. The van der Waals surface area contributed by atoms with Gasteiger partial charge in [-0.25, -0.2) is 4.98 Å². The van der Waals surface area contributed by atoms with Crippen molar-refractivity contribution in [3.8, 4) is 11.5 Å². The van der Waals surface area contributed by atoms with Crippen molar-refractivity contribution in [1.29, 1.82) is 0 Å². The lowest BCUT2D eigenvalue weighted by Crippen LogP contribution is -1.88. The van der Waals surface area contributed by atoms with Crippen molar-refractivity contribution >= 4 is 28.4 Å². The van der Waals surface area contributed by atoms with Gasteiger partial charge in [-0.15, -0.1) is 0 Å². The zero-order chi connectivity index (χ0) is 13.6. The second-order valence-electron chi connectivity index (χ2n) is 4.66. The Labute approximate surface area is 116 Å². The highest BCUT2D eigenvalue weighted by atomic mass is 35.5. The second-order valence-corrected chi connectivity index (χ2v) is 5.10. The highest BCUT2D eigenvalue weighted by Crippen LogP contribution is 2.31. The minimum absolute atomic E-state index is 0.574. The number of nitrogens with two attached hydrogens (primary N) is 1. The Hall–Kier alpha value is -2.00. The maximum absolute atomic E-state index is 6.03. The first-order valence-electron chi connectivity index (χ1n) is 5.98. The molecule has 0 saturated heterocycles. The first-order chi connectivity index (χ1) is 9.04. The highest BCUT2D eigenvalue weighted by molar-refractivity contribution is 6.31. The summed E-state index contributed by atoms with van der Waals surface area (Å²) in [6.45, 7) is 3.96. The molecule has 3 rings (SSSR count). The number of aromatic nitrogens is 1. The number of benzene rings is 2. The van der Waals surface area contributed by atoms with Crippen LogP contribution in [-0.2, 0) is 0 Å².